The summed E-state index contributed by atoms with van der Waals surface area (Å²) >= 11 is 0. The number of nitrogens with one attached hydrogen (secondary N) is 2. The van der Waals surface area contributed by atoms with Crippen LogP contribution in [0.5, 0.6) is 5.75 Å². The molecule has 4 rings (SSSR count). The number of benzene rings is 1. The standard InChI is InChI=1S/C20H23F3N2O4S.CH3F/c1-11(24-19(26)18-9-14-8-17(14)25-18)16-10-15(29-30(27,28)20(21,22)23)7-6-13(16)5-4-12-2-3-12;1-2/h4-7,10-12,14,17-18,25H,2-3,8-9H2,1H3,(H,24,26);1H3/b5-4+;/t11-,14+,17+,18?;/m0./s1. The lowest BCUT2D eigenvalue weighted by Gasteiger charge is -2.21. The molecule has 3 aliphatic rings. The van der Waals surface area contributed by atoms with Crippen molar-refractivity contribution in [1.82, 2.24) is 10.6 Å². The van der Waals surface area contributed by atoms with Gasteiger partial charge in [0.15, 0.2) is 0 Å². The number of carbonyl (C=O) groups excluding carboxylic acids is 1. The second-order valence-corrected chi connectivity index (χ2v) is 9.80. The van der Waals surface area contributed by atoms with E-state index in [1.807, 2.05) is 12.2 Å². The average molecular weight is 479 g/mol. The van der Waals surface area contributed by atoms with Crippen LogP contribution in [0.15, 0.2) is 24.3 Å². The van der Waals surface area contributed by atoms with Crippen LogP contribution in [0.2, 0.25) is 0 Å². The third-order valence-corrected chi connectivity index (χ3v) is 6.71. The van der Waals surface area contributed by atoms with E-state index in [1.165, 1.54) is 18.2 Å². The Morgan fingerprint density at radius 3 is 2.50 bits per heavy atom. The molecule has 0 aromatic heterocycles. The summed E-state index contributed by atoms with van der Waals surface area (Å²) in [6.45, 7) is 1.71. The van der Waals surface area contributed by atoms with E-state index in [0.29, 0.717) is 36.2 Å². The van der Waals surface area contributed by atoms with Crippen molar-refractivity contribution in [2.45, 2.75) is 56.2 Å². The number of rotatable bonds is 7. The van der Waals surface area contributed by atoms with Crippen LogP contribution in [-0.2, 0) is 14.9 Å². The Morgan fingerprint density at radius 2 is 1.94 bits per heavy atom. The first-order chi connectivity index (χ1) is 15.0. The molecule has 1 heterocycles. The molecule has 178 valence electrons. The molecule has 1 aliphatic heterocycles. The summed E-state index contributed by atoms with van der Waals surface area (Å²) in [5, 5.41) is 6.13. The normalized spacial score (nSPS) is 25.5. The van der Waals surface area contributed by atoms with E-state index in [-0.39, 0.29) is 11.9 Å². The van der Waals surface area contributed by atoms with Crippen molar-refractivity contribution in [3.63, 3.8) is 0 Å². The van der Waals surface area contributed by atoms with E-state index in [2.05, 4.69) is 14.8 Å². The maximum atomic E-state index is 12.7. The van der Waals surface area contributed by atoms with Gasteiger partial charge in [-0.3, -0.25) is 9.18 Å². The van der Waals surface area contributed by atoms with Crippen molar-refractivity contribution in [2.75, 3.05) is 7.18 Å². The molecule has 2 N–H and O–H groups in total. The Labute approximate surface area is 184 Å². The summed E-state index contributed by atoms with van der Waals surface area (Å²) in [5.41, 5.74) is -4.35. The summed E-state index contributed by atoms with van der Waals surface area (Å²) in [5.74, 6) is 0.379. The van der Waals surface area contributed by atoms with Gasteiger partial charge in [0.2, 0.25) is 5.91 Å². The molecule has 2 aliphatic carbocycles. The van der Waals surface area contributed by atoms with Crippen LogP contribution in [0.4, 0.5) is 17.6 Å². The molecule has 1 saturated heterocycles. The number of allylic oxidation sites excluding steroid dienone is 1. The van der Waals surface area contributed by atoms with E-state index in [0.717, 1.165) is 25.7 Å². The summed E-state index contributed by atoms with van der Waals surface area (Å²) in [4.78, 5) is 12.6. The molecule has 0 spiro atoms. The molecule has 0 bridgehead atoms. The number of amides is 1. The predicted octanol–water partition coefficient (Wildman–Crippen LogP) is 3.85. The molecule has 3 fully saturated rings. The van der Waals surface area contributed by atoms with E-state index in [4.69, 9.17) is 0 Å². The van der Waals surface area contributed by atoms with Crippen molar-refractivity contribution in [1.29, 1.82) is 0 Å². The van der Waals surface area contributed by atoms with Gasteiger partial charge in [-0.05, 0) is 67.7 Å². The summed E-state index contributed by atoms with van der Waals surface area (Å²) in [7, 11) is -5.27. The Bertz CT molecular complexity index is 967. The minimum absolute atomic E-state index is 0.180. The molecule has 1 unspecified atom stereocenters. The van der Waals surface area contributed by atoms with Gasteiger partial charge in [0, 0.05) is 6.04 Å². The minimum atomic E-state index is -5.77. The number of hydrogen-bond acceptors (Lipinski definition) is 5. The quantitative estimate of drug-likeness (QED) is 0.353. The zero-order valence-electron chi connectivity index (χ0n) is 17.7. The Balaban J connectivity index is 0.00000141. The van der Waals surface area contributed by atoms with Crippen LogP contribution in [0.25, 0.3) is 6.08 Å². The third-order valence-electron chi connectivity index (χ3n) is 5.74. The van der Waals surface area contributed by atoms with Crippen molar-refractivity contribution in [2.24, 2.45) is 11.8 Å². The fourth-order valence-electron chi connectivity index (χ4n) is 3.75. The van der Waals surface area contributed by atoms with E-state index in [9.17, 15) is 30.8 Å². The first kappa shape index (κ1) is 24.5. The zero-order chi connectivity index (χ0) is 23.7. The van der Waals surface area contributed by atoms with Crippen LogP contribution >= 0.6 is 0 Å². The SMILES string of the molecule is CF.C[C@H](NC(=O)C1C[C@H]2C[C@H]2N1)c1cc(OS(=O)(=O)C(F)(F)F)ccc1/C=C/C1CC1. The van der Waals surface area contributed by atoms with Crippen LogP contribution in [0.3, 0.4) is 0 Å². The molecule has 32 heavy (non-hydrogen) atoms. The molecular weight excluding hydrogens is 452 g/mol. The molecule has 1 amide bonds. The maximum absolute atomic E-state index is 12.7. The number of carbonyl (C=O) groups is 1. The monoisotopic (exact) mass is 478 g/mol. The minimum Gasteiger partial charge on any atom is -0.376 e. The van der Waals surface area contributed by atoms with Gasteiger partial charge >= 0.3 is 15.6 Å². The van der Waals surface area contributed by atoms with Crippen molar-refractivity contribution in [3.05, 3.63) is 35.4 Å². The zero-order valence-corrected chi connectivity index (χ0v) is 18.5. The molecule has 1 aromatic rings. The number of halogens is 4. The highest BCUT2D eigenvalue weighted by molar-refractivity contribution is 7.88. The second-order valence-electron chi connectivity index (χ2n) is 8.26. The highest BCUT2D eigenvalue weighted by Crippen LogP contribution is 2.41. The summed E-state index contributed by atoms with van der Waals surface area (Å²) in [6, 6.07) is 3.48. The lowest BCUT2D eigenvalue weighted by molar-refractivity contribution is -0.123. The van der Waals surface area contributed by atoms with Gasteiger partial charge in [-0.2, -0.15) is 21.6 Å². The number of piperidine rings is 1. The predicted molar refractivity (Wildman–Crippen MR) is 111 cm³/mol. The second kappa shape index (κ2) is 9.38. The molecule has 1 aromatic carbocycles. The molecule has 11 heteroatoms. The maximum Gasteiger partial charge on any atom is 0.534 e. The van der Waals surface area contributed by atoms with Crippen LogP contribution < -0.4 is 14.8 Å². The van der Waals surface area contributed by atoms with Gasteiger partial charge in [-0.1, -0.05) is 18.2 Å². The summed E-state index contributed by atoms with van der Waals surface area (Å²) < 4.78 is 74.5. The van der Waals surface area contributed by atoms with Gasteiger partial charge in [0.05, 0.1) is 19.3 Å². The molecule has 4 atom stereocenters. The highest BCUT2D eigenvalue weighted by Gasteiger charge is 2.49. The average Bonchev–Trinajstić information content (AvgIpc) is 3.66. The van der Waals surface area contributed by atoms with E-state index in [1.54, 1.807) is 6.92 Å². The first-order valence-corrected chi connectivity index (χ1v) is 11.7. The van der Waals surface area contributed by atoms with Crippen molar-refractivity contribution in [3.8, 4) is 5.75 Å². The van der Waals surface area contributed by atoms with E-state index < -0.39 is 27.4 Å². The summed E-state index contributed by atoms with van der Waals surface area (Å²) in [6.07, 6.45) is 7.87. The Morgan fingerprint density at radius 1 is 1.25 bits per heavy atom. The van der Waals surface area contributed by atoms with Crippen molar-refractivity contribution >= 4 is 22.1 Å². The van der Waals surface area contributed by atoms with Crippen LogP contribution in [0, 0.1) is 11.8 Å². The smallest absolute Gasteiger partial charge is 0.376 e. The van der Waals surface area contributed by atoms with E-state index >= 15 is 0 Å². The third kappa shape index (κ3) is 5.80. The Kier molecular flexibility index (Phi) is 7.18. The molecule has 6 nitrogen and oxygen atoms in total. The van der Waals surface area contributed by atoms with Crippen LogP contribution in [0.1, 0.15) is 49.8 Å². The number of fused-ring (bicyclic) bond motifs is 1. The van der Waals surface area contributed by atoms with Gasteiger partial charge in [-0.25, -0.2) is 0 Å². The molecule has 2 saturated carbocycles. The van der Waals surface area contributed by atoms with Gasteiger partial charge in [0.25, 0.3) is 0 Å². The van der Waals surface area contributed by atoms with Gasteiger partial charge in [-0.15, -0.1) is 0 Å². The lowest BCUT2D eigenvalue weighted by Crippen LogP contribution is -2.43. The lowest BCUT2D eigenvalue weighted by atomic mass is 9.99. The fourth-order valence-corrected chi connectivity index (χ4v) is 4.20. The van der Waals surface area contributed by atoms with Crippen LogP contribution in [-0.4, -0.2) is 39.1 Å². The largest absolute Gasteiger partial charge is 0.534 e. The topological polar surface area (TPSA) is 84.5 Å². The number of alkyl halides is 4. The number of hydrogen-bond donors (Lipinski definition) is 2. The first-order valence-electron chi connectivity index (χ1n) is 10.3. The molecule has 0 radical (unpaired) electrons. The highest BCUT2D eigenvalue weighted by atomic mass is 32.2. The fraction of sp³-hybridized carbons (Fsp3) is 0.571. The van der Waals surface area contributed by atoms with Crippen molar-refractivity contribution < 1.29 is 35.0 Å². The van der Waals surface area contributed by atoms with Gasteiger partial charge in [0.1, 0.15) is 5.75 Å². The Hall–Kier alpha value is -2.14. The van der Waals surface area contributed by atoms with Gasteiger partial charge < -0.3 is 14.8 Å². The molecular formula is C21H26F4N2O4S.